The lowest BCUT2D eigenvalue weighted by molar-refractivity contribution is 0.0369. The molecule has 1 unspecified atom stereocenters. The summed E-state index contributed by atoms with van der Waals surface area (Å²) in [7, 11) is 0. The summed E-state index contributed by atoms with van der Waals surface area (Å²) in [5, 5.41) is 1.20. The summed E-state index contributed by atoms with van der Waals surface area (Å²) >= 11 is 12.2. The molecule has 94 valence electrons. The first-order valence-electron chi connectivity index (χ1n) is 5.73. The smallest absolute Gasteiger partial charge is 0.0825 e. The molecule has 5 heteroatoms. The summed E-state index contributed by atoms with van der Waals surface area (Å²) in [6, 6.07) is 5.70. The first-order chi connectivity index (χ1) is 8.22. The molecule has 0 amide bonds. The number of rotatable bonds is 3. The molecule has 1 saturated heterocycles. The van der Waals surface area contributed by atoms with E-state index in [2.05, 4.69) is 4.90 Å². The van der Waals surface area contributed by atoms with Gasteiger partial charge in [0.25, 0.3) is 0 Å². The van der Waals surface area contributed by atoms with Crippen molar-refractivity contribution in [3.05, 3.63) is 28.2 Å². The van der Waals surface area contributed by atoms with E-state index in [1.54, 1.807) is 6.07 Å². The molecule has 0 spiro atoms. The summed E-state index contributed by atoms with van der Waals surface area (Å²) in [6.45, 7) is 2.99. The Balaban J connectivity index is 2.13. The van der Waals surface area contributed by atoms with Crippen LogP contribution in [0.2, 0.25) is 10.0 Å². The van der Waals surface area contributed by atoms with E-state index in [0.717, 1.165) is 25.2 Å². The Morgan fingerprint density at radius 2 is 2.24 bits per heavy atom. The zero-order valence-electron chi connectivity index (χ0n) is 9.53. The minimum atomic E-state index is 0.184. The molecular formula is C12H16Cl2N2O. The Kier molecular flexibility index (Phi) is 4.51. The SMILES string of the molecule is NCCC1CN(c2cccc(Cl)c2Cl)CCO1. The lowest BCUT2D eigenvalue weighted by Crippen LogP contribution is -2.43. The average molecular weight is 275 g/mol. The maximum atomic E-state index is 6.21. The minimum absolute atomic E-state index is 0.184. The molecule has 1 heterocycles. The zero-order chi connectivity index (χ0) is 12.3. The highest BCUT2D eigenvalue weighted by Gasteiger charge is 2.22. The topological polar surface area (TPSA) is 38.5 Å². The molecule has 0 aliphatic carbocycles. The Morgan fingerprint density at radius 3 is 3.00 bits per heavy atom. The predicted molar refractivity (Wildman–Crippen MR) is 72.1 cm³/mol. The van der Waals surface area contributed by atoms with Gasteiger partial charge in [-0.25, -0.2) is 0 Å². The lowest BCUT2D eigenvalue weighted by atomic mass is 10.2. The molecule has 0 aromatic heterocycles. The highest BCUT2D eigenvalue weighted by atomic mass is 35.5. The second-order valence-corrected chi connectivity index (χ2v) is 4.87. The van der Waals surface area contributed by atoms with E-state index in [0.29, 0.717) is 23.2 Å². The molecule has 0 radical (unpaired) electrons. The van der Waals surface area contributed by atoms with Crippen LogP contribution in [0.5, 0.6) is 0 Å². The van der Waals surface area contributed by atoms with E-state index < -0.39 is 0 Å². The largest absolute Gasteiger partial charge is 0.374 e. The molecule has 1 fully saturated rings. The van der Waals surface area contributed by atoms with E-state index in [-0.39, 0.29) is 6.10 Å². The fourth-order valence-corrected chi connectivity index (χ4v) is 2.45. The number of hydrogen-bond acceptors (Lipinski definition) is 3. The van der Waals surface area contributed by atoms with Crippen molar-refractivity contribution in [3.8, 4) is 0 Å². The van der Waals surface area contributed by atoms with Crippen LogP contribution < -0.4 is 10.6 Å². The van der Waals surface area contributed by atoms with Crippen molar-refractivity contribution in [1.29, 1.82) is 0 Å². The normalized spacial score (nSPS) is 20.6. The molecule has 2 rings (SSSR count). The lowest BCUT2D eigenvalue weighted by Gasteiger charge is -2.35. The predicted octanol–water partition coefficient (Wildman–Crippen LogP) is 2.55. The van der Waals surface area contributed by atoms with Gasteiger partial charge in [-0.05, 0) is 25.1 Å². The van der Waals surface area contributed by atoms with Crippen molar-refractivity contribution in [2.45, 2.75) is 12.5 Å². The van der Waals surface area contributed by atoms with Crippen LogP contribution >= 0.6 is 23.2 Å². The van der Waals surface area contributed by atoms with Gasteiger partial charge in [-0.15, -0.1) is 0 Å². The number of benzene rings is 1. The van der Waals surface area contributed by atoms with Gasteiger partial charge < -0.3 is 15.4 Å². The van der Waals surface area contributed by atoms with Crippen molar-refractivity contribution in [3.63, 3.8) is 0 Å². The van der Waals surface area contributed by atoms with Crippen molar-refractivity contribution < 1.29 is 4.74 Å². The second-order valence-electron chi connectivity index (χ2n) is 4.09. The second kappa shape index (κ2) is 5.91. The van der Waals surface area contributed by atoms with Crippen molar-refractivity contribution in [1.82, 2.24) is 0 Å². The quantitative estimate of drug-likeness (QED) is 0.921. The molecule has 17 heavy (non-hydrogen) atoms. The zero-order valence-corrected chi connectivity index (χ0v) is 11.0. The number of anilines is 1. The van der Waals surface area contributed by atoms with Gasteiger partial charge in [-0.2, -0.15) is 0 Å². The van der Waals surface area contributed by atoms with Crippen LogP contribution in [0, 0.1) is 0 Å². The van der Waals surface area contributed by atoms with Crippen LogP contribution in [0.25, 0.3) is 0 Å². The number of ether oxygens (including phenoxy) is 1. The van der Waals surface area contributed by atoms with Gasteiger partial charge in [0.05, 0.1) is 28.4 Å². The van der Waals surface area contributed by atoms with Gasteiger partial charge in [-0.1, -0.05) is 29.3 Å². The summed E-state index contributed by atoms with van der Waals surface area (Å²) in [5.41, 5.74) is 6.53. The first kappa shape index (κ1) is 13.0. The Bertz CT molecular complexity index is 385. The van der Waals surface area contributed by atoms with E-state index in [1.807, 2.05) is 12.1 Å². The molecule has 2 N–H and O–H groups in total. The van der Waals surface area contributed by atoms with Gasteiger partial charge in [0.15, 0.2) is 0 Å². The van der Waals surface area contributed by atoms with Crippen LogP contribution in [0.3, 0.4) is 0 Å². The third-order valence-electron chi connectivity index (χ3n) is 2.90. The summed E-state index contributed by atoms with van der Waals surface area (Å²) in [5.74, 6) is 0. The van der Waals surface area contributed by atoms with Gasteiger partial charge in [0.2, 0.25) is 0 Å². The summed E-state index contributed by atoms with van der Waals surface area (Å²) in [4.78, 5) is 2.21. The van der Waals surface area contributed by atoms with Crippen LogP contribution in [0.4, 0.5) is 5.69 Å². The number of hydrogen-bond donors (Lipinski definition) is 1. The molecule has 1 aromatic rings. The summed E-state index contributed by atoms with van der Waals surface area (Å²) < 4.78 is 5.64. The van der Waals surface area contributed by atoms with Gasteiger partial charge in [0.1, 0.15) is 0 Å². The maximum Gasteiger partial charge on any atom is 0.0825 e. The minimum Gasteiger partial charge on any atom is -0.374 e. The third-order valence-corrected chi connectivity index (χ3v) is 3.71. The summed E-state index contributed by atoms with van der Waals surface area (Å²) in [6.07, 6.45) is 1.05. The van der Waals surface area contributed by atoms with E-state index >= 15 is 0 Å². The van der Waals surface area contributed by atoms with E-state index in [4.69, 9.17) is 33.7 Å². The van der Waals surface area contributed by atoms with Crippen LogP contribution in [0.15, 0.2) is 18.2 Å². The molecule has 0 saturated carbocycles. The van der Waals surface area contributed by atoms with Crippen molar-refractivity contribution in [2.24, 2.45) is 5.73 Å². The Hall–Kier alpha value is -0.480. The molecule has 1 aliphatic rings. The van der Waals surface area contributed by atoms with Crippen LogP contribution in [0.1, 0.15) is 6.42 Å². The van der Waals surface area contributed by atoms with Gasteiger partial charge in [0, 0.05) is 13.1 Å². The van der Waals surface area contributed by atoms with Crippen LogP contribution in [-0.2, 0) is 4.74 Å². The van der Waals surface area contributed by atoms with Crippen LogP contribution in [-0.4, -0.2) is 32.3 Å². The fourth-order valence-electron chi connectivity index (χ4n) is 2.04. The monoisotopic (exact) mass is 274 g/mol. The molecule has 0 bridgehead atoms. The van der Waals surface area contributed by atoms with E-state index in [1.165, 1.54) is 0 Å². The van der Waals surface area contributed by atoms with Gasteiger partial charge in [-0.3, -0.25) is 0 Å². The van der Waals surface area contributed by atoms with Gasteiger partial charge >= 0.3 is 0 Å². The Morgan fingerprint density at radius 1 is 1.41 bits per heavy atom. The number of halogens is 2. The number of morpholine rings is 1. The van der Waals surface area contributed by atoms with E-state index in [9.17, 15) is 0 Å². The molecule has 3 nitrogen and oxygen atoms in total. The highest BCUT2D eigenvalue weighted by molar-refractivity contribution is 6.43. The molecule has 1 aromatic carbocycles. The molecule has 1 aliphatic heterocycles. The number of nitrogens with two attached hydrogens (primary N) is 1. The van der Waals surface area contributed by atoms with Crippen molar-refractivity contribution in [2.75, 3.05) is 31.1 Å². The standard InChI is InChI=1S/C12H16Cl2N2O/c13-10-2-1-3-11(12(10)14)16-6-7-17-9(8-16)4-5-15/h1-3,9H,4-8,15H2. The fraction of sp³-hybridized carbons (Fsp3) is 0.500. The van der Waals surface area contributed by atoms with Crippen molar-refractivity contribution >= 4 is 28.9 Å². The highest BCUT2D eigenvalue weighted by Crippen LogP contribution is 2.33. The molecule has 1 atom stereocenters. The number of nitrogens with zero attached hydrogens (tertiary/aromatic N) is 1. The third kappa shape index (κ3) is 3.05. The molecular weight excluding hydrogens is 259 g/mol. The maximum absolute atomic E-state index is 6.21. The average Bonchev–Trinajstić information content (AvgIpc) is 2.33. The first-order valence-corrected chi connectivity index (χ1v) is 6.48. The Labute approximate surface area is 111 Å².